The topological polar surface area (TPSA) is 55.5 Å². The van der Waals surface area contributed by atoms with Crippen LogP contribution >= 0.6 is 0 Å². The average Bonchev–Trinajstić information content (AvgIpc) is 2.16. The number of aliphatic hydroxyl groups excluding tert-OH is 1. The Morgan fingerprint density at radius 3 is 2.75 bits per heavy atom. The number of ether oxygens (including phenoxy) is 1. The zero-order chi connectivity index (χ0) is 8.97. The van der Waals surface area contributed by atoms with Gasteiger partial charge < -0.3 is 15.6 Å². The van der Waals surface area contributed by atoms with Crippen LogP contribution in [0.1, 0.15) is 11.7 Å². The molecule has 0 heterocycles. The molecule has 1 aromatic carbocycles. The summed E-state index contributed by atoms with van der Waals surface area (Å²) in [7, 11) is 1.57. The van der Waals surface area contributed by atoms with Gasteiger partial charge in [0.25, 0.3) is 0 Å². The molecule has 12 heavy (non-hydrogen) atoms. The number of aliphatic hydroxyl groups is 1. The molecule has 0 radical (unpaired) electrons. The molecule has 1 rings (SSSR count). The van der Waals surface area contributed by atoms with Crippen LogP contribution < -0.4 is 10.5 Å². The molecular weight excluding hydrogens is 154 g/mol. The Morgan fingerprint density at radius 1 is 1.50 bits per heavy atom. The van der Waals surface area contributed by atoms with Crippen molar-refractivity contribution in [3.05, 3.63) is 29.8 Å². The molecule has 66 valence electrons. The van der Waals surface area contributed by atoms with Crippen molar-refractivity contribution in [2.45, 2.75) is 6.10 Å². The van der Waals surface area contributed by atoms with Crippen LogP contribution in [0.15, 0.2) is 24.3 Å². The first kappa shape index (κ1) is 9.03. The molecule has 3 nitrogen and oxygen atoms in total. The summed E-state index contributed by atoms with van der Waals surface area (Å²) in [5.41, 5.74) is 6.06. The third kappa shape index (κ3) is 1.75. The minimum atomic E-state index is -0.638. The van der Waals surface area contributed by atoms with Crippen LogP contribution in [0.25, 0.3) is 0 Å². The number of para-hydroxylation sites is 1. The van der Waals surface area contributed by atoms with Gasteiger partial charge in [0.1, 0.15) is 5.75 Å². The highest BCUT2D eigenvalue weighted by molar-refractivity contribution is 5.34. The van der Waals surface area contributed by atoms with Crippen molar-refractivity contribution in [3.63, 3.8) is 0 Å². The van der Waals surface area contributed by atoms with Crippen LogP contribution in [0.5, 0.6) is 5.75 Å². The molecule has 0 bridgehead atoms. The van der Waals surface area contributed by atoms with Gasteiger partial charge in [0.05, 0.1) is 13.2 Å². The van der Waals surface area contributed by atoms with Crippen LogP contribution in [0.4, 0.5) is 0 Å². The first-order chi connectivity index (χ1) is 5.79. The van der Waals surface area contributed by atoms with Gasteiger partial charge in [0.2, 0.25) is 0 Å². The predicted octanol–water partition coefficient (Wildman–Crippen LogP) is 0.687. The van der Waals surface area contributed by atoms with Gasteiger partial charge in [-0.3, -0.25) is 0 Å². The van der Waals surface area contributed by atoms with Crippen LogP contribution in [0.3, 0.4) is 0 Å². The van der Waals surface area contributed by atoms with E-state index >= 15 is 0 Å². The Hall–Kier alpha value is -1.06. The van der Waals surface area contributed by atoms with Crippen LogP contribution in [-0.4, -0.2) is 18.8 Å². The highest BCUT2D eigenvalue weighted by Crippen LogP contribution is 2.23. The highest BCUT2D eigenvalue weighted by Gasteiger charge is 2.09. The summed E-state index contributed by atoms with van der Waals surface area (Å²) in [4.78, 5) is 0. The summed E-state index contributed by atoms with van der Waals surface area (Å²) in [6, 6.07) is 7.30. The van der Waals surface area contributed by atoms with Gasteiger partial charge in [0.15, 0.2) is 0 Å². The first-order valence-electron chi connectivity index (χ1n) is 3.80. The maximum Gasteiger partial charge on any atom is 0.124 e. The lowest BCUT2D eigenvalue weighted by Crippen LogP contribution is -2.12. The minimum absolute atomic E-state index is 0.209. The molecule has 0 amide bonds. The van der Waals surface area contributed by atoms with E-state index in [4.69, 9.17) is 10.5 Å². The maximum absolute atomic E-state index is 9.44. The molecular formula is C9H13NO2. The van der Waals surface area contributed by atoms with Crippen molar-refractivity contribution in [2.75, 3.05) is 13.7 Å². The van der Waals surface area contributed by atoms with E-state index in [1.165, 1.54) is 0 Å². The van der Waals surface area contributed by atoms with E-state index in [0.717, 1.165) is 5.56 Å². The van der Waals surface area contributed by atoms with Crippen LogP contribution in [0.2, 0.25) is 0 Å². The Labute approximate surface area is 71.8 Å². The van der Waals surface area contributed by atoms with Gasteiger partial charge in [-0.25, -0.2) is 0 Å². The molecule has 0 aliphatic carbocycles. The normalized spacial score (nSPS) is 12.6. The fraction of sp³-hybridized carbons (Fsp3) is 0.333. The molecule has 0 fully saturated rings. The molecule has 0 saturated carbocycles. The van der Waals surface area contributed by atoms with E-state index in [-0.39, 0.29) is 6.54 Å². The van der Waals surface area contributed by atoms with E-state index in [2.05, 4.69) is 0 Å². The van der Waals surface area contributed by atoms with Gasteiger partial charge in [-0.1, -0.05) is 18.2 Å². The van der Waals surface area contributed by atoms with Crippen molar-refractivity contribution in [1.82, 2.24) is 0 Å². The second-order valence-electron chi connectivity index (χ2n) is 2.49. The van der Waals surface area contributed by atoms with Crippen LogP contribution in [0, 0.1) is 0 Å². The van der Waals surface area contributed by atoms with Gasteiger partial charge in [-0.15, -0.1) is 0 Å². The summed E-state index contributed by atoms with van der Waals surface area (Å²) in [5.74, 6) is 0.676. The number of nitrogens with two attached hydrogens (primary N) is 1. The minimum Gasteiger partial charge on any atom is -0.496 e. The lowest BCUT2D eigenvalue weighted by Gasteiger charge is -2.11. The van der Waals surface area contributed by atoms with Crippen molar-refractivity contribution >= 4 is 0 Å². The molecule has 0 saturated heterocycles. The number of benzene rings is 1. The van der Waals surface area contributed by atoms with Gasteiger partial charge >= 0.3 is 0 Å². The zero-order valence-electron chi connectivity index (χ0n) is 7.03. The lowest BCUT2D eigenvalue weighted by molar-refractivity contribution is 0.182. The summed E-state index contributed by atoms with van der Waals surface area (Å²) in [5, 5.41) is 9.44. The molecule has 3 heteroatoms. The van der Waals surface area contributed by atoms with E-state index in [9.17, 15) is 5.11 Å². The first-order valence-corrected chi connectivity index (χ1v) is 3.80. The van der Waals surface area contributed by atoms with Crippen molar-refractivity contribution in [1.29, 1.82) is 0 Å². The summed E-state index contributed by atoms with van der Waals surface area (Å²) >= 11 is 0. The Kier molecular flexibility index (Phi) is 3.08. The zero-order valence-corrected chi connectivity index (χ0v) is 7.03. The largest absolute Gasteiger partial charge is 0.496 e. The Bertz CT molecular complexity index is 250. The molecule has 0 unspecified atom stereocenters. The molecule has 0 aromatic heterocycles. The second kappa shape index (κ2) is 4.09. The second-order valence-corrected chi connectivity index (χ2v) is 2.49. The molecule has 0 aliphatic rings. The Balaban J connectivity index is 2.96. The van der Waals surface area contributed by atoms with Crippen molar-refractivity contribution in [3.8, 4) is 5.75 Å². The van der Waals surface area contributed by atoms with E-state index in [1.807, 2.05) is 12.1 Å². The lowest BCUT2D eigenvalue weighted by atomic mass is 10.1. The molecule has 1 atom stereocenters. The van der Waals surface area contributed by atoms with Crippen molar-refractivity contribution < 1.29 is 9.84 Å². The van der Waals surface area contributed by atoms with E-state index in [1.54, 1.807) is 19.2 Å². The molecule has 1 aromatic rings. The monoisotopic (exact) mass is 167 g/mol. The standard InChI is InChI=1S/C9H13NO2/c1-12-9-5-3-2-4-7(9)8(11)6-10/h2-5,8,11H,6,10H2,1H3/t8-/m1/s1. The van der Waals surface area contributed by atoms with Gasteiger partial charge in [-0.05, 0) is 6.07 Å². The quantitative estimate of drug-likeness (QED) is 0.696. The van der Waals surface area contributed by atoms with Gasteiger partial charge in [-0.2, -0.15) is 0 Å². The smallest absolute Gasteiger partial charge is 0.124 e. The fourth-order valence-electron chi connectivity index (χ4n) is 1.07. The van der Waals surface area contributed by atoms with Crippen LogP contribution in [-0.2, 0) is 0 Å². The molecule has 3 N–H and O–H groups in total. The average molecular weight is 167 g/mol. The fourth-order valence-corrected chi connectivity index (χ4v) is 1.07. The third-order valence-electron chi connectivity index (χ3n) is 1.72. The number of methoxy groups -OCH3 is 1. The van der Waals surface area contributed by atoms with E-state index < -0.39 is 6.10 Å². The third-order valence-corrected chi connectivity index (χ3v) is 1.72. The van der Waals surface area contributed by atoms with Gasteiger partial charge in [0, 0.05) is 12.1 Å². The number of rotatable bonds is 3. The maximum atomic E-state index is 9.44. The highest BCUT2D eigenvalue weighted by atomic mass is 16.5. The van der Waals surface area contributed by atoms with E-state index in [0.29, 0.717) is 5.75 Å². The molecule has 0 aliphatic heterocycles. The Morgan fingerprint density at radius 2 is 2.17 bits per heavy atom. The number of hydrogen-bond donors (Lipinski definition) is 2. The SMILES string of the molecule is COc1ccccc1[C@H](O)CN. The predicted molar refractivity (Wildman–Crippen MR) is 47.0 cm³/mol. The summed E-state index contributed by atoms with van der Waals surface area (Å²) < 4.78 is 5.05. The number of hydrogen-bond acceptors (Lipinski definition) is 3. The summed E-state index contributed by atoms with van der Waals surface area (Å²) in [6.45, 7) is 0.209. The molecule has 0 spiro atoms. The summed E-state index contributed by atoms with van der Waals surface area (Å²) in [6.07, 6.45) is -0.638. The van der Waals surface area contributed by atoms with Crippen molar-refractivity contribution in [2.24, 2.45) is 5.73 Å².